The molecule has 0 bridgehead atoms. The number of hydrogen-bond acceptors (Lipinski definition) is 2. The molecule has 12 heavy (non-hydrogen) atoms. The molecule has 0 amide bonds. The zero-order chi connectivity index (χ0) is 9.83. The third kappa shape index (κ3) is 6.38. The van der Waals surface area contributed by atoms with Crippen LogP contribution >= 0.6 is 0 Å². The van der Waals surface area contributed by atoms with Gasteiger partial charge in [-0.1, -0.05) is 32.1 Å². The Kier molecular flexibility index (Phi) is 3.95. The van der Waals surface area contributed by atoms with Gasteiger partial charge in [0, 0.05) is 8.07 Å². The number of nitrogens with zero attached hydrogens (tertiary/aromatic N) is 1. The molecule has 3 heteroatoms. The molecule has 0 aromatic heterocycles. The lowest BCUT2D eigenvalue weighted by molar-refractivity contribution is 0.536. The van der Waals surface area contributed by atoms with Gasteiger partial charge in [0.25, 0.3) is 0 Å². The normalized spacial score (nSPS) is 16.7. The highest BCUT2D eigenvalue weighted by Gasteiger charge is 2.19. The van der Waals surface area contributed by atoms with Gasteiger partial charge in [-0.05, 0) is 13.3 Å². The van der Waals surface area contributed by atoms with E-state index in [0.717, 1.165) is 12.8 Å². The van der Waals surface area contributed by atoms with Gasteiger partial charge in [-0.15, -0.1) is 0 Å². The summed E-state index contributed by atoms with van der Waals surface area (Å²) in [6.07, 6.45) is 1.92. The summed E-state index contributed by atoms with van der Waals surface area (Å²) in [4.78, 5) is 0. The van der Waals surface area contributed by atoms with Crippen LogP contribution in [-0.2, 0) is 0 Å². The minimum atomic E-state index is -0.935. The van der Waals surface area contributed by atoms with Crippen LogP contribution in [0.4, 0.5) is 0 Å². The van der Waals surface area contributed by atoms with E-state index in [-0.39, 0.29) is 0 Å². The van der Waals surface area contributed by atoms with Gasteiger partial charge in [0.05, 0.1) is 6.07 Å². The van der Waals surface area contributed by atoms with E-state index >= 15 is 0 Å². The standard InChI is InChI=1S/C9H20N2Si/c1-9(11,8-10)6-5-7-12(2,3)4/h5-7,11H2,1-4H3. The second kappa shape index (κ2) is 4.06. The Bertz CT molecular complexity index is 174. The van der Waals surface area contributed by atoms with E-state index in [4.69, 9.17) is 11.0 Å². The summed E-state index contributed by atoms with van der Waals surface area (Å²) in [7, 11) is -0.935. The van der Waals surface area contributed by atoms with Gasteiger partial charge in [0.15, 0.2) is 0 Å². The minimum absolute atomic E-state index is 0.611. The van der Waals surface area contributed by atoms with Crippen LogP contribution in [-0.4, -0.2) is 13.6 Å². The summed E-state index contributed by atoms with van der Waals surface area (Å²) in [6.45, 7) is 8.82. The monoisotopic (exact) mass is 184 g/mol. The van der Waals surface area contributed by atoms with Crippen LogP contribution in [0, 0.1) is 11.3 Å². The lowest BCUT2D eigenvalue weighted by Crippen LogP contribution is -2.34. The van der Waals surface area contributed by atoms with E-state index in [1.165, 1.54) is 6.04 Å². The number of nitrogens with two attached hydrogens (primary N) is 1. The molecule has 0 rings (SSSR count). The van der Waals surface area contributed by atoms with Crippen molar-refractivity contribution in [1.29, 1.82) is 5.26 Å². The van der Waals surface area contributed by atoms with E-state index < -0.39 is 13.6 Å². The first kappa shape index (κ1) is 11.7. The van der Waals surface area contributed by atoms with E-state index in [2.05, 4.69) is 25.7 Å². The summed E-state index contributed by atoms with van der Waals surface area (Å²) >= 11 is 0. The van der Waals surface area contributed by atoms with Gasteiger partial charge >= 0.3 is 0 Å². The highest BCUT2D eigenvalue weighted by molar-refractivity contribution is 6.76. The average molecular weight is 184 g/mol. The molecule has 70 valence electrons. The van der Waals surface area contributed by atoms with Crippen molar-refractivity contribution < 1.29 is 0 Å². The van der Waals surface area contributed by atoms with E-state index in [0.29, 0.717) is 0 Å². The lowest BCUT2D eigenvalue weighted by Gasteiger charge is -2.19. The van der Waals surface area contributed by atoms with Crippen molar-refractivity contribution >= 4 is 8.07 Å². The molecule has 0 aliphatic heterocycles. The Labute approximate surface area is 76.8 Å². The fourth-order valence-electron chi connectivity index (χ4n) is 1.04. The predicted molar refractivity (Wildman–Crippen MR) is 55.6 cm³/mol. The summed E-state index contributed by atoms with van der Waals surface area (Å²) in [5.41, 5.74) is 5.09. The zero-order valence-corrected chi connectivity index (χ0v) is 9.65. The van der Waals surface area contributed by atoms with Crippen molar-refractivity contribution in [1.82, 2.24) is 0 Å². The fourth-order valence-corrected chi connectivity index (χ4v) is 2.28. The zero-order valence-electron chi connectivity index (χ0n) is 8.65. The first-order chi connectivity index (χ1) is 5.27. The van der Waals surface area contributed by atoms with Crippen molar-refractivity contribution in [2.75, 3.05) is 0 Å². The molecule has 1 atom stereocenters. The Morgan fingerprint density at radius 2 is 1.92 bits per heavy atom. The third-order valence-corrected chi connectivity index (χ3v) is 3.73. The molecule has 0 aliphatic rings. The second-order valence-electron chi connectivity index (χ2n) is 4.94. The molecule has 0 saturated carbocycles. The molecule has 2 N–H and O–H groups in total. The Morgan fingerprint density at radius 1 is 1.42 bits per heavy atom. The maximum atomic E-state index is 8.66. The molecule has 0 fully saturated rings. The van der Waals surface area contributed by atoms with Crippen molar-refractivity contribution in [2.24, 2.45) is 5.73 Å². The number of hydrogen-bond donors (Lipinski definition) is 1. The molecular formula is C9H20N2Si. The molecule has 2 nitrogen and oxygen atoms in total. The van der Waals surface area contributed by atoms with Crippen molar-refractivity contribution in [3.05, 3.63) is 0 Å². The molecule has 0 radical (unpaired) electrons. The smallest absolute Gasteiger partial charge is 0.101 e. The third-order valence-electron chi connectivity index (χ3n) is 1.88. The van der Waals surface area contributed by atoms with E-state index in [9.17, 15) is 0 Å². The molecule has 0 aromatic rings. The first-order valence-corrected chi connectivity index (χ1v) is 8.18. The Hall–Kier alpha value is -0.333. The number of nitriles is 1. The van der Waals surface area contributed by atoms with Crippen LogP contribution in [0.5, 0.6) is 0 Å². The van der Waals surface area contributed by atoms with E-state index in [1.807, 2.05) is 0 Å². The maximum Gasteiger partial charge on any atom is 0.101 e. The highest BCUT2D eigenvalue weighted by Crippen LogP contribution is 2.16. The Balaban J connectivity index is 3.66. The fraction of sp³-hybridized carbons (Fsp3) is 0.889. The van der Waals surface area contributed by atoms with Crippen molar-refractivity contribution in [2.45, 2.75) is 51.0 Å². The first-order valence-electron chi connectivity index (χ1n) is 4.47. The molecule has 0 aromatic carbocycles. The predicted octanol–water partition coefficient (Wildman–Crippen LogP) is 2.35. The summed E-state index contributed by atoms with van der Waals surface area (Å²) in [5, 5.41) is 8.66. The van der Waals surface area contributed by atoms with Crippen LogP contribution < -0.4 is 5.73 Å². The van der Waals surface area contributed by atoms with Crippen LogP contribution in [0.2, 0.25) is 25.7 Å². The van der Waals surface area contributed by atoms with Gasteiger partial charge in [-0.3, -0.25) is 0 Å². The SMILES string of the molecule is CC(N)(C#N)CCC[Si](C)(C)C. The highest BCUT2D eigenvalue weighted by atomic mass is 28.3. The number of rotatable bonds is 4. The largest absolute Gasteiger partial charge is 0.314 e. The van der Waals surface area contributed by atoms with Crippen LogP contribution in [0.3, 0.4) is 0 Å². The lowest BCUT2D eigenvalue weighted by atomic mass is 10.0. The van der Waals surface area contributed by atoms with Gasteiger partial charge < -0.3 is 5.73 Å². The van der Waals surface area contributed by atoms with Crippen molar-refractivity contribution in [3.63, 3.8) is 0 Å². The Morgan fingerprint density at radius 3 is 2.25 bits per heavy atom. The molecular weight excluding hydrogens is 164 g/mol. The van der Waals surface area contributed by atoms with Gasteiger partial charge in [0.1, 0.15) is 5.54 Å². The van der Waals surface area contributed by atoms with Gasteiger partial charge in [0.2, 0.25) is 0 Å². The second-order valence-corrected chi connectivity index (χ2v) is 10.6. The summed E-state index contributed by atoms with van der Waals surface area (Å²) in [5.74, 6) is 0. The minimum Gasteiger partial charge on any atom is -0.314 e. The van der Waals surface area contributed by atoms with Gasteiger partial charge in [-0.2, -0.15) is 5.26 Å². The van der Waals surface area contributed by atoms with Crippen LogP contribution in [0.1, 0.15) is 19.8 Å². The summed E-state index contributed by atoms with van der Waals surface area (Å²) < 4.78 is 0. The van der Waals surface area contributed by atoms with Crippen LogP contribution in [0.15, 0.2) is 0 Å². The van der Waals surface area contributed by atoms with E-state index in [1.54, 1.807) is 6.92 Å². The molecule has 0 aliphatic carbocycles. The summed E-state index contributed by atoms with van der Waals surface area (Å²) in [6, 6.07) is 3.39. The average Bonchev–Trinajstić information content (AvgIpc) is 1.84. The molecule has 0 saturated heterocycles. The molecule has 1 unspecified atom stereocenters. The molecule has 0 spiro atoms. The van der Waals surface area contributed by atoms with Crippen LogP contribution in [0.25, 0.3) is 0 Å². The maximum absolute atomic E-state index is 8.66. The molecule has 0 heterocycles. The topological polar surface area (TPSA) is 49.8 Å². The van der Waals surface area contributed by atoms with Gasteiger partial charge in [-0.25, -0.2) is 0 Å². The quantitative estimate of drug-likeness (QED) is 0.682. The van der Waals surface area contributed by atoms with Crippen molar-refractivity contribution in [3.8, 4) is 6.07 Å².